The van der Waals surface area contributed by atoms with Crippen LogP contribution in [-0.4, -0.2) is 73.4 Å². The van der Waals surface area contributed by atoms with E-state index >= 15 is 0 Å². The molecule has 0 aromatic rings. The van der Waals surface area contributed by atoms with Crippen molar-refractivity contribution in [2.45, 2.75) is 108 Å². The Morgan fingerprint density at radius 1 is 1.33 bits per heavy atom. The first-order chi connectivity index (χ1) is 13.4. The van der Waals surface area contributed by atoms with Crippen molar-refractivity contribution < 1.29 is 29.6 Å². The number of carboxylic acid groups (broad SMARTS) is 1. The molecule has 0 aromatic carbocycles. The number of carboxylic acids is 1. The van der Waals surface area contributed by atoms with E-state index in [4.69, 9.17) is 9.53 Å². The first-order valence-corrected chi connectivity index (χ1v) is 21.1. The number of carbonyl (C=O) groups is 1. The van der Waals surface area contributed by atoms with Crippen molar-refractivity contribution in [2.75, 3.05) is 6.61 Å². The Labute approximate surface area is 186 Å². The molecule has 5 atom stereocenters. The molecule has 4 N–H and O–H groups in total. The van der Waals surface area contributed by atoms with Crippen LogP contribution in [0.2, 0.25) is 50.9 Å². The molecular weight excluding hydrogens is 432 g/mol. The van der Waals surface area contributed by atoms with E-state index in [2.05, 4.69) is 59.7 Å². The van der Waals surface area contributed by atoms with E-state index in [0.717, 1.165) is 25.0 Å². The normalized spacial score (nSPS) is 30.3. The van der Waals surface area contributed by atoms with Crippen LogP contribution in [0, 0.1) is 0 Å². The molecule has 1 rings (SSSR count). The third-order valence-corrected chi connectivity index (χ3v) is 28.6. The number of hydrogen-bond donors (Lipinski definition) is 4. The highest BCUT2D eigenvalue weighted by molar-refractivity contribution is 7.40. The maximum absolute atomic E-state index is 11.6. The van der Waals surface area contributed by atoms with E-state index in [1.54, 1.807) is 0 Å². The van der Waals surface area contributed by atoms with Gasteiger partial charge in [-0.3, -0.25) is 0 Å². The van der Waals surface area contributed by atoms with Crippen LogP contribution >= 0.6 is 0 Å². The van der Waals surface area contributed by atoms with Gasteiger partial charge in [0.05, 0.1) is 25.5 Å². The number of hydrogen-bond acceptors (Lipinski definition) is 5. The molecule has 5 unspecified atom stereocenters. The highest BCUT2D eigenvalue weighted by atomic mass is 29.3. The number of aliphatic carboxylic acids is 1. The highest BCUT2D eigenvalue weighted by Gasteiger charge is 2.66. The van der Waals surface area contributed by atoms with E-state index in [1.807, 2.05) is 6.92 Å². The minimum absolute atomic E-state index is 0.135. The van der Waals surface area contributed by atoms with Crippen LogP contribution in [0.4, 0.5) is 0 Å². The van der Waals surface area contributed by atoms with Crippen LogP contribution in [0.3, 0.4) is 0 Å². The van der Waals surface area contributed by atoms with Gasteiger partial charge in [-0.1, -0.05) is 59.1 Å². The van der Waals surface area contributed by atoms with E-state index in [-0.39, 0.29) is 12.2 Å². The highest BCUT2D eigenvalue weighted by Crippen LogP contribution is 2.51. The Morgan fingerprint density at radius 2 is 1.80 bits per heavy atom. The second kappa shape index (κ2) is 10.5. The topological polar surface area (TPSA) is 107 Å². The Hall–Kier alpha value is -0.299. The summed E-state index contributed by atoms with van der Waals surface area (Å²) >= 11 is 0. The molecule has 1 heterocycles. The molecular formula is C21H46O6Si3. The van der Waals surface area contributed by atoms with Gasteiger partial charge in [0, 0.05) is 6.08 Å². The van der Waals surface area contributed by atoms with Gasteiger partial charge in [-0.2, -0.15) is 0 Å². The van der Waals surface area contributed by atoms with Gasteiger partial charge in [0.1, 0.15) is 13.7 Å². The zero-order valence-electron chi connectivity index (χ0n) is 20.6. The van der Waals surface area contributed by atoms with Crippen molar-refractivity contribution in [3.8, 4) is 0 Å². The molecule has 1 fully saturated rings. The van der Waals surface area contributed by atoms with Crippen molar-refractivity contribution in [1.82, 2.24) is 0 Å². The second-order valence-corrected chi connectivity index (χ2v) is 30.5. The standard InChI is InChI=1S/C18H42O4Si3.C3H4O2/c1-10-11-18(21,16(20)14-19)25(9)13-12-17(3,22-24(25,7)8)15(2)23(4,5)6;1-2-3(4)5/h15-16,19-21H,10-14H2,1-9H3;2H,1H2,(H,4,5). The van der Waals surface area contributed by atoms with Crippen molar-refractivity contribution in [3.63, 3.8) is 0 Å². The lowest BCUT2D eigenvalue weighted by molar-refractivity contribution is -0.131. The van der Waals surface area contributed by atoms with Crippen LogP contribution in [0.15, 0.2) is 12.7 Å². The summed E-state index contributed by atoms with van der Waals surface area (Å²) in [6.45, 7) is 23.1. The van der Waals surface area contributed by atoms with Crippen LogP contribution in [0.1, 0.15) is 40.0 Å². The van der Waals surface area contributed by atoms with E-state index in [0.29, 0.717) is 12.0 Å². The lowest BCUT2D eigenvalue weighted by Crippen LogP contribution is -2.79. The Bertz CT molecular complexity index is 594. The van der Waals surface area contributed by atoms with Crippen LogP contribution < -0.4 is 0 Å². The smallest absolute Gasteiger partial charge is 0.327 e. The summed E-state index contributed by atoms with van der Waals surface area (Å²) in [5, 5.41) is 38.2. The monoisotopic (exact) mass is 478 g/mol. The fourth-order valence-electron chi connectivity index (χ4n) is 4.85. The van der Waals surface area contributed by atoms with E-state index in [1.165, 1.54) is 0 Å². The third-order valence-electron chi connectivity index (χ3n) is 7.64. The van der Waals surface area contributed by atoms with E-state index < -0.39 is 40.8 Å². The van der Waals surface area contributed by atoms with Gasteiger partial charge in [-0.05, 0) is 38.4 Å². The zero-order valence-corrected chi connectivity index (χ0v) is 23.6. The summed E-state index contributed by atoms with van der Waals surface area (Å²) in [4.78, 5) is 9.25. The molecule has 0 amide bonds. The lowest BCUT2D eigenvalue weighted by Gasteiger charge is -2.61. The molecule has 0 saturated carbocycles. The van der Waals surface area contributed by atoms with Gasteiger partial charge in [0.15, 0.2) is 7.83 Å². The fraction of sp³-hybridized carbons (Fsp3) is 0.857. The summed E-state index contributed by atoms with van der Waals surface area (Å²) < 4.78 is 6.93. The van der Waals surface area contributed by atoms with Gasteiger partial charge in [0.25, 0.3) is 0 Å². The number of aliphatic hydroxyl groups excluding tert-OH is 2. The SMILES string of the molecule is C=CC(=O)O.CCCC(O)(C(O)CO)[Si]1(C)CCC(C)(C(C)[Si](C)(C)C)O[Si]1(C)C. The molecule has 178 valence electrons. The van der Waals surface area contributed by atoms with Crippen molar-refractivity contribution >= 4 is 29.5 Å². The van der Waals surface area contributed by atoms with Crippen LogP contribution in [-0.2, 0) is 9.22 Å². The third kappa shape index (κ3) is 6.14. The summed E-state index contributed by atoms with van der Waals surface area (Å²) in [5.74, 6) is -0.981. The Kier molecular flexibility index (Phi) is 10.4. The maximum atomic E-state index is 11.6. The zero-order chi connectivity index (χ0) is 24.2. The summed E-state index contributed by atoms with van der Waals surface area (Å²) in [6, 6.07) is 0.963. The molecule has 1 aliphatic heterocycles. The van der Waals surface area contributed by atoms with Crippen LogP contribution in [0.25, 0.3) is 0 Å². The summed E-state index contributed by atoms with van der Waals surface area (Å²) in [6.07, 6.45) is 2.04. The molecule has 0 aromatic heterocycles. The first-order valence-electron chi connectivity index (χ1n) is 11.0. The van der Waals surface area contributed by atoms with Gasteiger partial charge < -0.3 is 24.9 Å². The second-order valence-electron chi connectivity index (χ2n) is 10.8. The lowest BCUT2D eigenvalue weighted by atomic mass is 10.00. The Balaban J connectivity index is 0.00000150. The Morgan fingerprint density at radius 3 is 2.10 bits per heavy atom. The molecule has 0 spiro atoms. The molecule has 6 nitrogen and oxygen atoms in total. The number of aliphatic hydroxyl groups is 3. The molecule has 1 saturated heterocycles. The predicted octanol–water partition coefficient (Wildman–Crippen LogP) is 3.94. The maximum Gasteiger partial charge on any atom is 0.327 e. The molecule has 9 heteroatoms. The van der Waals surface area contributed by atoms with Gasteiger partial charge >= 0.3 is 5.97 Å². The summed E-state index contributed by atoms with van der Waals surface area (Å²) in [7, 11) is -5.93. The molecule has 1 aliphatic rings. The van der Waals surface area contributed by atoms with Gasteiger partial charge in [-0.25, -0.2) is 4.79 Å². The largest absolute Gasteiger partial charge is 0.478 e. The molecule has 0 aliphatic carbocycles. The van der Waals surface area contributed by atoms with Crippen molar-refractivity contribution in [1.29, 1.82) is 0 Å². The van der Waals surface area contributed by atoms with Gasteiger partial charge in [-0.15, -0.1) is 0 Å². The first kappa shape index (κ1) is 29.7. The van der Waals surface area contributed by atoms with E-state index in [9.17, 15) is 20.1 Å². The van der Waals surface area contributed by atoms with Crippen LogP contribution in [0.5, 0.6) is 0 Å². The summed E-state index contributed by atoms with van der Waals surface area (Å²) in [5.41, 5.74) is 0.400. The van der Waals surface area contributed by atoms with Gasteiger partial charge in [0.2, 0.25) is 0 Å². The number of rotatable bonds is 8. The average molecular weight is 479 g/mol. The average Bonchev–Trinajstić information content (AvgIpc) is 2.63. The van der Waals surface area contributed by atoms with Crippen molar-refractivity contribution in [3.05, 3.63) is 12.7 Å². The minimum atomic E-state index is -2.34. The van der Waals surface area contributed by atoms with Crippen molar-refractivity contribution in [2.24, 2.45) is 0 Å². The minimum Gasteiger partial charge on any atom is -0.478 e. The predicted molar refractivity (Wildman–Crippen MR) is 132 cm³/mol. The quantitative estimate of drug-likeness (QED) is 0.311. The molecule has 0 bridgehead atoms. The molecule has 30 heavy (non-hydrogen) atoms. The molecule has 0 radical (unpaired) electrons. The fourth-order valence-corrected chi connectivity index (χ4v) is 20.9.